The Hall–Kier alpha value is -0.593. The number of nitrogens with one attached hydrogen (secondary N) is 1. The summed E-state index contributed by atoms with van der Waals surface area (Å²) >= 11 is 0. The van der Waals surface area contributed by atoms with Gasteiger partial charge in [-0.05, 0) is 51.2 Å². The maximum atomic E-state index is 12.5. The molecule has 27 heavy (non-hydrogen) atoms. The van der Waals surface area contributed by atoms with Gasteiger partial charge in [0.2, 0.25) is 0 Å². The summed E-state index contributed by atoms with van der Waals surface area (Å²) in [5.41, 5.74) is 5.62. The Bertz CT molecular complexity index is 463. The van der Waals surface area contributed by atoms with E-state index in [1.54, 1.807) is 0 Å². The Labute approximate surface area is 168 Å². The molecule has 1 aliphatic rings. The molecule has 0 saturated heterocycles. The van der Waals surface area contributed by atoms with Crippen LogP contribution in [0.1, 0.15) is 80.1 Å². The normalized spacial score (nSPS) is 19.4. The first kappa shape index (κ1) is 24.4. The van der Waals surface area contributed by atoms with Crippen molar-refractivity contribution >= 4 is 14.4 Å². The van der Waals surface area contributed by atoms with E-state index in [0.29, 0.717) is 12.5 Å². The van der Waals surface area contributed by atoms with Gasteiger partial charge >= 0.3 is 6.09 Å². The number of alkyl carbamates (subject to hydrolysis) is 1. The van der Waals surface area contributed by atoms with Crippen LogP contribution in [0, 0.1) is 5.92 Å². The molecule has 1 amide bonds. The van der Waals surface area contributed by atoms with Crippen molar-refractivity contribution in [3.63, 3.8) is 0 Å². The Kier molecular flexibility index (Phi) is 8.82. The van der Waals surface area contributed by atoms with Crippen molar-refractivity contribution in [2.24, 2.45) is 11.7 Å². The van der Waals surface area contributed by atoms with E-state index in [2.05, 4.69) is 39.2 Å². The molecule has 6 heteroatoms. The molecule has 3 N–H and O–H groups in total. The summed E-state index contributed by atoms with van der Waals surface area (Å²) in [7, 11) is -1.99. The fraction of sp³-hybridized carbons (Fsp3) is 0.952. The van der Waals surface area contributed by atoms with Crippen molar-refractivity contribution < 1.29 is 14.0 Å². The molecule has 160 valence electrons. The van der Waals surface area contributed by atoms with Crippen LogP contribution in [0.4, 0.5) is 4.79 Å². The molecule has 1 fully saturated rings. The predicted octanol–water partition coefficient (Wildman–Crippen LogP) is 5.20. The minimum atomic E-state index is -1.99. The maximum absolute atomic E-state index is 12.5. The fourth-order valence-corrected chi connectivity index (χ4v) is 4.77. The zero-order valence-corrected chi connectivity index (χ0v) is 20.0. The second-order valence-electron chi connectivity index (χ2n) is 10.6. The third-order valence-corrected chi connectivity index (χ3v) is 10.5. The molecular weight excluding hydrogens is 356 g/mol. The number of amides is 1. The summed E-state index contributed by atoms with van der Waals surface area (Å²) in [4.78, 5) is 12.5. The van der Waals surface area contributed by atoms with E-state index in [9.17, 15) is 4.79 Å². The molecule has 0 heterocycles. The Balaban J connectivity index is 2.92. The molecular formula is C21H44N2O3Si. The summed E-state index contributed by atoms with van der Waals surface area (Å²) < 4.78 is 12.1. The van der Waals surface area contributed by atoms with Crippen molar-refractivity contribution in [1.29, 1.82) is 0 Å². The maximum Gasteiger partial charge on any atom is 0.407 e. The molecule has 2 unspecified atom stereocenters. The molecule has 0 aromatic rings. The van der Waals surface area contributed by atoms with Crippen LogP contribution in [0.25, 0.3) is 0 Å². The van der Waals surface area contributed by atoms with Crippen LogP contribution in [0.5, 0.6) is 0 Å². The Morgan fingerprint density at radius 1 is 1.11 bits per heavy atom. The van der Waals surface area contributed by atoms with E-state index in [4.69, 9.17) is 14.9 Å². The topological polar surface area (TPSA) is 73.6 Å². The third-order valence-electron chi connectivity index (χ3n) is 5.95. The zero-order chi connectivity index (χ0) is 20.9. The van der Waals surface area contributed by atoms with Crippen LogP contribution < -0.4 is 11.1 Å². The summed E-state index contributed by atoms with van der Waals surface area (Å²) in [6.45, 7) is 17.2. The number of hydrogen-bond donors (Lipinski definition) is 2. The SMILES string of the molecule is CC(C)(C)OC(=O)NC(CC1CCCCC1)C(CN)O[Si](C)(C)C(C)(C)C. The summed E-state index contributed by atoms with van der Waals surface area (Å²) in [6.07, 6.45) is 6.69. The molecule has 1 aliphatic carbocycles. The summed E-state index contributed by atoms with van der Waals surface area (Å²) in [5, 5.41) is 3.20. The van der Waals surface area contributed by atoms with Gasteiger partial charge in [-0.3, -0.25) is 0 Å². The molecule has 1 rings (SSSR count). The number of nitrogens with two attached hydrogens (primary N) is 1. The second-order valence-corrected chi connectivity index (χ2v) is 15.4. The van der Waals surface area contributed by atoms with Crippen LogP contribution in [0.15, 0.2) is 0 Å². The van der Waals surface area contributed by atoms with Crippen molar-refractivity contribution in [2.45, 2.75) is 116 Å². The lowest BCUT2D eigenvalue weighted by molar-refractivity contribution is 0.0414. The van der Waals surface area contributed by atoms with E-state index in [1.165, 1.54) is 32.1 Å². The van der Waals surface area contributed by atoms with Gasteiger partial charge in [-0.15, -0.1) is 0 Å². The molecule has 0 spiro atoms. The van der Waals surface area contributed by atoms with Gasteiger partial charge in [0.25, 0.3) is 0 Å². The number of carbonyl (C=O) groups excluding carboxylic acids is 1. The van der Waals surface area contributed by atoms with Crippen molar-refractivity contribution in [1.82, 2.24) is 5.32 Å². The first-order chi connectivity index (χ1) is 12.2. The van der Waals surface area contributed by atoms with Gasteiger partial charge in [-0.25, -0.2) is 4.79 Å². The zero-order valence-electron chi connectivity index (χ0n) is 19.0. The smallest absolute Gasteiger partial charge is 0.407 e. The average Bonchev–Trinajstić information content (AvgIpc) is 2.50. The molecule has 5 nitrogen and oxygen atoms in total. The highest BCUT2D eigenvalue weighted by molar-refractivity contribution is 6.74. The number of rotatable bonds is 7. The lowest BCUT2D eigenvalue weighted by Crippen LogP contribution is -2.55. The largest absolute Gasteiger partial charge is 0.444 e. The monoisotopic (exact) mass is 400 g/mol. The van der Waals surface area contributed by atoms with Crippen LogP contribution >= 0.6 is 0 Å². The van der Waals surface area contributed by atoms with Gasteiger partial charge in [0.05, 0.1) is 12.1 Å². The lowest BCUT2D eigenvalue weighted by Gasteiger charge is -2.42. The van der Waals surface area contributed by atoms with Gasteiger partial charge in [0.1, 0.15) is 5.60 Å². The first-order valence-electron chi connectivity index (χ1n) is 10.6. The molecule has 0 aromatic carbocycles. The average molecular weight is 401 g/mol. The third kappa shape index (κ3) is 8.53. The molecule has 0 bridgehead atoms. The predicted molar refractivity (Wildman–Crippen MR) is 115 cm³/mol. The van der Waals surface area contributed by atoms with Crippen LogP contribution in [-0.2, 0) is 9.16 Å². The van der Waals surface area contributed by atoms with Crippen molar-refractivity contribution in [3.8, 4) is 0 Å². The highest BCUT2D eigenvalue weighted by atomic mass is 28.4. The van der Waals surface area contributed by atoms with Gasteiger partial charge in [-0.2, -0.15) is 0 Å². The standard InChI is InChI=1S/C21H44N2O3Si/c1-20(2,3)25-19(24)23-17(14-16-12-10-9-11-13-16)18(15-22)26-27(7,8)21(4,5)6/h16-18H,9-15,22H2,1-8H3,(H,23,24). The highest BCUT2D eigenvalue weighted by Crippen LogP contribution is 2.38. The summed E-state index contributed by atoms with van der Waals surface area (Å²) in [6, 6.07) is -0.109. The van der Waals surface area contributed by atoms with Crippen molar-refractivity contribution in [3.05, 3.63) is 0 Å². The van der Waals surface area contributed by atoms with E-state index in [1.807, 2.05) is 20.8 Å². The number of ether oxygens (including phenoxy) is 1. The van der Waals surface area contributed by atoms with Crippen LogP contribution in [0.2, 0.25) is 18.1 Å². The van der Waals surface area contributed by atoms with Gasteiger partial charge in [0.15, 0.2) is 8.32 Å². The summed E-state index contributed by atoms with van der Waals surface area (Å²) in [5.74, 6) is 0.621. The lowest BCUT2D eigenvalue weighted by atomic mass is 9.83. The highest BCUT2D eigenvalue weighted by Gasteiger charge is 2.41. The minimum Gasteiger partial charge on any atom is -0.444 e. The van der Waals surface area contributed by atoms with E-state index in [-0.39, 0.29) is 23.3 Å². The molecule has 1 saturated carbocycles. The quantitative estimate of drug-likeness (QED) is 0.576. The van der Waals surface area contributed by atoms with Gasteiger partial charge in [-0.1, -0.05) is 52.9 Å². The van der Waals surface area contributed by atoms with Crippen LogP contribution in [-0.4, -0.2) is 38.7 Å². The first-order valence-corrected chi connectivity index (χ1v) is 13.5. The Morgan fingerprint density at radius 2 is 1.67 bits per heavy atom. The molecule has 0 radical (unpaired) electrons. The minimum absolute atomic E-state index is 0.0989. The number of hydrogen-bond acceptors (Lipinski definition) is 4. The van der Waals surface area contributed by atoms with E-state index in [0.717, 1.165) is 6.42 Å². The van der Waals surface area contributed by atoms with E-state index < -0.39 is 13.9 Å². The van der Waals surface area contributed by atoms with E-state index >= 15 is 0 Å². The van der Waals surface area contributed by atoms with Crippen LogP contribution in [0.3, 0.4) is 0 Å². The number of carbonyl (C=O) groups is 1. The second kappa shape index (κ2) is 9.75. The molecule has 0 aromatic heterocycles. The molecule has 0 aliphatic heterocycles. The fourth-order valence-electron chi connectivity index (χ4n) is 3.39. The van der Waals surface area contributed by atoms with Gasteiger partial charge in [0, 0.05) is 6.54 Å². The Morgan fingerprint density at radius 3 is 2.11 bits per heavy atom. The van der Waals surface area contributed by atoms with Gasteiger partial charge < -0.3 is 20.2 Å². The van der Waals surface area contributed by atoms with Crippen molar-refractivity contribution in [2.75, 3.05) is 6.54 Å². The molecule has 2 atom stereocenters.